The second kappa shape index (κ2) is 6.16. The molecule has 2 aromatic carbocycles. The second-order valence-electron chi connectivity index (χ2n) is 5.83. The van der Waals surface area contributed by atoms with Gasteiger partial charge in [0.25, 0.3) is 0 Å². The van der Waals surface area contributed by atoms with E-state index < -0.39 is 41.8 Å². The topological polar surface area (TPSA) is 72.6 Å². The summed E-state index contributed by atoms with van der Waals surface area (Å²) in [5, 5.41) is 0. The third-order valence-electron chi connectivity index (χ3n) is 4.41. The molecule has 0 bridgehead atoms. The first-order chi connectivity index (χ1) is 11.9. The molecule has 0 spiro atoms. The van der Waals surface area contributed by atoms with Gasteiger partial charge in [0.1, 0.15) is 18.2 Å². The second-order valence-corrected chi connectivity index (χ2v) is 5.83. The van der Waals surface area contributed by atoms with Crippen LogP contribution in [-0.4, -0.2) is 29.5 Å². The largest absolute Gasteiger partial charge is 0.430 e. The summed E-state index contributed by atoms with van der Waals surface area (Å²) in [6, 6.07) is 10.5. The normalized spacial score (nSPS) is 18.9. The average Bonchev–Trinajstić information content (AvgIpc) is 2.81. The zero-order chi connectivity index (χ0) is 18.2. The Morgan fingerprint density at radius 2 is 1.60 bits per heavy atom. The van der Waals surface area contributed by atoms with Gasteiger partial charge in [0, 0.05) is 11.1 Å². The molecular weight excluding hydrogens is 330 g/mol. The van der Waals surface area contributed by atoms with Crippen molar-refractivity contribution in [3.05, 3.63) is 71.3 Å². The van der Waals surface area contributed by atoms with Gasteiger partial charge in [0.15, 0.2) is 5.60 Å². The van der Waals surface area contributed by atoms with Gasteiger partial charge < -0.3 is 10.5 Å². The molecule has 0 saturated carbocycles. The van der Waals surface area contributed by atoms with Crippen molar-refractivity contribution < 1.29 is 23.1 Å². The molecule has 0 unspecified atom stereocenters. The third kappa shape index (κ3) is 2.61. The van der Waals surface area contributed by atoms with E-state index in [1.807, 2.05) is 0 Å². The average molecular weight is 346 g/mol. The lowest BCUT2D eigenvalue weighted by atomic mass is 9.80. The zero-order valence-corrected chi connectivity index (χ0v) is 13.4. The van der Waals surface area contributed by atoms with E-state index in [4.69, 9.17) is 10.5 Å². The van der Waals surface area contributed by atoms with E-state index in [2.05, 4.69) is 0 Å². The highest BCUT2D eigenvalue weighted by molar-refractivity contribution is 5.83. The van der Waals surface area contributed by atoms with Crippen LogP contribution in [0.25, 0.3) is 0 Å². The number of carbonyl (C=O) groups excluding carboxylic acids is 2. The molecule has 5 nitrogen and oxygen atoms in total. The van der Waals surface area contributed by atoms with Crippen LogP contribution in [0.4, 0.5) is 13.6 Å². The van der Waals surface area contributed by atoms with Gasteiger partial charge in [0.2, 0.25) is 5.91 Å². The van der Waals surface area contributed by atoms with Crippen LogP contribution in [0.1, 0.15) is 18.1 Å². The first-order valence-corrected chi connectivity index (χ1v) is 7.66. The first kappa shape index (κ1) is 16.9. The van der Waals surface area contributed by atoms with E-state index in [-0.39, 0.29) is 11.1 Å². The van der Waals surface area contributed by atoms with Crippen molar-refractivity contribution in [2.24, 2.45) is 5.73 Å². The van der Waals surface area contributed by atoms with E-state index in [0.29, 0.717) is 0 Å². The van der Waals surface area contributed by atoms with Gasteiger partial charge in [-0.3, -0.25) is 9.69 Å². The minimum Gasteiger partial charge on any atom is -0.430 e. The van der Waals surface area contributed by atoms with Crippen LogP contribution in [0.3, 0.4) is 0 Å². The van der Waals surface area contributed by atoms with Crippen molar-refractivity contribution in [3.63, 3.8) is 0 Å². The number of rotatable bonds is 4. The number of nitrogens with two attached hydrogens (primary N) is 1. The molecule has 0 aliphatic carbocycles. The monoisotopic (exact) mass is 346 g/mol. The van der Waals surface area contributed by atoms with Gasteiger partial charge in [-0.2, -0.15) is 0 Å². The van der Waals surface area contributed by atoms with Gasteiger partial charge in [-0.25, -0.2) is 13.6 Å². The lowest BCUT2D eigenvalue weighted by Gasteiger charge is -2.33. The highest BCUT2D eigenvalue weighted by Crippen LogP contribution is 2.45. The molecule has 1 fully saturated rings. The van der Waals surface area contributed by atoms with Crippen LogP contribution in [0, 0.1) is 11.6 Å². The molecule has 1 aliphatic rings. The molecule has 0 aromatic heterocycles. The summed E-state index contributed by atoms with van der Waals surface area (Å²) in [4.78, 5) is 24.7. The molecule has 1 atom stereocenters. The van der Waals surface area contributed by atoms with E-state index in [9.17, 15) is 18.4 Å². The number of primary amides is 1. The summed E-state index contributed by atoms with van der Waals surface area (Å²) in [7, 11) is 0. The molecule has 3 rings (SSSR count). The van der Waals surface area contributed by atoms with Gasteiger partial charge in [0.05, 0.1) is 6.04 Å². The standard InChI is InChI=1S/C18H16F2N2O3/c1-11-18(12-6-2-4-8-14(12)19,13-7-3-5-9-15(13)20)25-17(24)22(11)10-16(21)23/h2-9,11H,10H2,1H3,(H2,21,23)/t11-/m0/s1. The Labute approximate surface area is 143 Å². The molecule has 1 saturated heterocycles. The Morgan fingerprint density at radius 3 is 2.04 bits per heavy atom. The quantitative estimate of drug-likeness (QED) is 0.925. The van der Waals surface area contributed by atoms with Crippen LogP contribution in [0.2, 0.25) is 0 Å². The van der Waals surface area contributed by atoms with Crippen molar-refractivity contribution in [2.75, 3.05) is 6.54 Å². The van der Waals surface area contributed by atoms with Crippen LogP contribution in [0.15, 0.2) is 48.5 Å². The summed E-state index contributed by atoms with van der Waals surface area (Å²) in [5.41, 5.74) is 3.47. The Hall–Kier alpha value is -2.96. The maximum Gasteiger partial charge on any atom is 0.411 e. The number of carbonyl (C=O) groups is 2. The summed E-state index contributed by atoms with van der Waals surface area (Å²) in [6.07, 6.45) is -0.863. The fourth-order valence-electron chi connectivity index (χ4n) is 3.26. The van der Waals surface area contributed by atoms with Crippen molar-refractivity contribution in [2.45, 2.75) is 18.6 Å². The molecule has 7 heteroatoms. The van der Waals surface area contributed by atoms with Crippen molar-refractivity contribution in [3.8, 4) is 0 Å². The van der Waals surface area contributed by atoms with Crippen LogP contribution < -0.4 is 5.73 Å². The number of amides is 2. The Balaban J connectivity index is 2.25. The first-order valence-electron chi connectivity index (χ1n) is 7.66. The Kier molecular flexibility index (Phi) is 4.16. The fourth-order valence-corrected chi connectivity index (χ4v) is 3.26. The maximum absolute atomic E-state index is 14.6. The molecule has 25 heavy (non-hydrogen) atoms. The van der Waals surface area contributed by atoms with Crippen LogP contribution in [0.5, 0.6) is 0 Å². The number of benzene rings is 2. The van der Waals surface area contributed by atoms with Gasteiger partial charge in [-0.1, -0.05) is 36.4 Å². The number of cyclic esters (lactones) is 1. The van der Waals surface area contributed by atoms with Crippen molar-refractivity contribution in [1.29, 1.82) is 0 Å². The van der Waals surface area contributed by atoms with Crippen molar-refractivity contribution >= 4 is 12.0 Å². The third-order valence-corrected chi connectivity index (χ3v) is 4.41. The van der Waals surface area contributed by atoms with Gasteiger partial charge in [-0.15, -0.1) is 0 Å². The summed E-state index contributed by atoms with van der Waals surface area (Å²) in [5.74, 6) is -2.04. The highest BCUT2D eigenvalue weighted by Gasteiger charge is 2.56. The van der Waals surface area contributed by atoms with E-state index in [1.165, 1.54) is 36.4 Å². The maximum atomic E-state index is 14.6. The predicted molar refractivity (Wildman–Crippen MR) is 85.4 cm³/mol. The minimum atomic E-state index is -1.73. The summed E-state index contributed by atoms with van der Waals surface area (Å²) < 4.78 is 34.6. The molecular formula is C18H16F2N2O3. The van der Waals surface area contributed by atoms with E-state index >= 15 is 0 Å². The van der Waals surface area contributed by atoms with Crippen LogP contribution in [-0.2, 0) is 15.1 Å². The highest BCUT2D eigenvalue weighted by atomic mass is 19.1. The summed E-state index contributed by atoms with van der Waals surface area (Å²) >= 11 is 0. The Bertz CT molecular complexity index is 795. The molecule has 2 amide bonds. The number of ether oxygens (including phenoxy) is 1. The molecule has 0 radical (unpaired) electrons. The fraction of sp³-hybridized carbons (Fsp3) is 0.222. The van der Waals surface area contributed by atoms with Gasteiger partial charge in [-0.05, 0) is 19.1 Å². The lowest BCUT2D eigenvalue weighted by Crippen LogP contribution is -2.45. The van der Waals surface area contributed by atoms with E-state index in [1.54, 1.807) is 19.1 Å². The number of halogens is 2. The summed E-state index contributed by atoms with van der Waals surface area (Å²) in [6.45, 7) is 1.15. The van der Waals surface area contributed by atoms with E-state index in [0.717, 1.165) is 4.90 Å². The SMILES string of the molecule is C[C@@H]1N(CC(N)=O)C(=O)OC1(c1ccccc1F)c1ccccc1F. The molecule has 2 N–H and O–H groups in total. The number of hydrogen-bond acceptors (Lipinski definition) is 3. The smallest absolute Gasteiger partial charge is 0.411 e. The molecule has 130 valence electrons. The van der Waals surface area contributed by atoms with Gasteiger partial charge >= 0.3 is 6.09 Å². The molecule has 1 heterocycles. The molecule has 1 aliphatic heterocycles. The lowest BCUT2D eigenvalue weighted by molar-refractivity contribution is -0.118. The Morgan fingerprint density at radius 1 is 1.12 bits per heavy atom. The molecule has 2 aromatic rings. The predicted octanol–water partition coefficient (Wildman–Crippen LogP) is 2.53. The number of hydrogen-bond donors (Lipinski definition) is 1. The zero-order valence-electron chi connectivity index (χ0n) is 13.4. The van der Waals surface area contributed by atoms with Crippen molar-refractivity contribution in [1.82, 2.24) is 4.90 Å². The minimum absolute atomic E-state index is 0.00733. The van der Waals surface area contributed by atoms with Crippen LogP contribution >= 0.6 is 0 Å². The number of nitrogens with zero attached hydrogens (tertiary/aromatic N) is 1.